The van der Waals surface area contributed by atoms with E-state index in [0.29, 0.717) is 6.54 Å². The Labute approximate surface area is 157 Å². The number of carbonyl (C=O) groups excluding carboxylic acids is 2. The molecule has 0 saturated carbocycles. The van der Waals surface area contributed by atoms with Gasteiger partial charge in [0.05, 0.1) is 6.42 Å². The molecule has 0 aliphatic carbocycles. The van der Waals surface area contributed by atoms with Gasteiger partial charge in [0, 0.05) is 13.6 Å². The lowest BCUT2D eigenvalue weighted by Crippen LogP contribution is -2.45. The summed E-state index contributed by atoms with van der Waals surface area (Å²) >= 11 is 1.61. The zero-order valence-corrected chi connectivity index (χ0v) is 15.8. The van der Waals surface area contributed by atoms with Crippen molar-refractivity contribution in [1.82, 2.24) is 10.2 Å². The summed E-state index contributed by atoms with van der Waals surface area (Å²) in [4.78, 5) is 26.6. The number of nitrogens with one attached hydrogen (secondary N) is 1. The minimum atomic E-state index is -0.555. The molecule has 3 rings (SSSR count). The van der Waals surface area contributed by atoms with Crippen molar-refractivity contribution in [2.24, 2.45) is 0 Å². The van der Waals surface area contributed by atoms with E-state index in [0.717, 1.165) is 21.9 Å². The number of thiophene rings is 1. The van der Waals surface area contributed by atoms with E-state index >= 15 is 0 Å². The van der Waals surface area contributed by atoms with Crippen molar-refractivity contribution in [3.8, 4) is 0 Å². The zero-order chi connectivity index (χ0) is 18.5. The van der Waals surface area contributed by atoms with Crippen LogP contribution < -0.4 is 5.32 Å². The number of rotatable bonds is 6. The third kappa shape index (κ3) is 4.29. The van der Waals surface area contributed by atoms with Crippen LogP contribution in [0.1, 0.15) is 18.1 Å². The second-order valence-electron chi connectivity index (χ2n) is 6.43. The molecule has 5 heteroatoms. The molecule has 0 bridgehead atoms. The molecule has 0 fully saturated rings. The fraction of sp³-hybridized carbons (Fsp3) is 0.238. The molecule has 26 heavy (non-hydrogen) atoms. The van der Waals surface area contributed by atoms with Gasteiger partial charge in [0.2, 0.25) is 11.8 Å². The van der Waals surface area contributed by atoms with E-state index in [1.807, 2.05) is 59.3 Å². The fourth-order valence-corrected chi connectivity index (χ4v) is 3.70. The number of hydrogen-bond acceptors (Lipinski definition) is 3. The van der Waals surface area contributed by atoms with Crippen LogP contribution in [0.3, 0.4) is 0 Å². The minimum absolute atomic E-state index is 0.0949. The summed E-state index contributed by atoms with van der Waals surface area (Å²) in [5.41, 5.74) is 2.06. The van der Waals surface area contributed by atoms with Gasteiger partial charge in [-0.15, -0.1) is 0 Å². The standard InChI is InChI=1S/C21H22N2O2S/c1-15(21(25)23(2)13-16-10-11-26-14-16)22-20(24)12-18-8-5-7-17-6-3-4-9-19(17)18/h3-11,14-15H,12-13H2,1-2H3,(H,22,24)/t15-/m0/s1. The SMILES string of the molecule is C[C@H](NC(=O)Cc1cccc2ccccc12)C(=O)N(C)Cc1ccsc1. The molecule has 0 saturated heterocycles. The minimum Gasteiger partial charge on any atom is -0.344 e. The highest BCUT2D eigenvalue weighted by atomic mass is 32.1. The predicted molar refractivity (Wildman–Crippen MR) is 106 cm³/mol. The highest BCUT2D eigenvalue weighted by Gasteiger charge is 2.20. The molecule has 1 aromatic heterocycles. The van der Waals surface area contributed by atoms with E-state index < -0.39 is 6.04 Å². The first-order valence-corrected chi connectivity index (χ1v) is 9.51. The number of amides is 2. The van der Waals surface area contributed by atoms with Gasteiger partial charge in [0.1, 0.15) is 6.04 Å². The number of nitrogens with zero attached hydrogens (tertiary/aromatic N) is 1. The number of carbonyl (C=O) groups is 2. The summed E-state index contributed by atoms with van der Waals surface area (Å²) in [6.07, 6.45) is 0.257. The lowest BCUT2D eigenvalue weighted by Gasteiger charge is -2.22. The number of hydrogen-bond donors (Lipinski definition) is 1. The van der Waals surface area contributed by atoms with Crippen LogP contribution in [-0.2, 0) is 22.6 Å². The Morgan fingerprint density at radius 2 is 1.88 bits per heavy atom. The van der Waals surface area contributed by atoms with Gasteiger partial charge in [-0.25, -0.2) is 0 Å². The van der Waals surface area contributed by atoms with Crippen molar-refractivity contribution in [1.29, 1.82) is 0 Å². The van der Waals surface area contributed by atoms with Gasteiger partial charge in [0.25, 0.3) is 0 Å². The van der Waals surface area contributed by atoms with Gasteiger partial charge in [-0.1, -0.05) is 42.5 Å². The summed E-state index contributed by atoms with van der Waals surface area (Å²) in [7, 11) is 1.76. The van der Waals surface area contributed by atoms with Crippen LogP contribution in [-0.4, -0.2) is 29.8 Å². The smallest absolute Gasteiger partial charge is 0.244 e. The largest absolute Gasteiger partial charge is 0.344 e. The van der Waals surface area contributed by atoms with E-state index in [4.69, 9.17) is 0 Å². The average Bonchev–Trinajstić information content (AvgIpc) is 3.14. The molecule has 0 unspecified atom stereocenters. The Kier molecular flexibility index (Phi) is 5.68. The van der Waals surface area contributed by atoms with Crippen LogP contribution in [0.5, 0.6) is 0 Å². The van der Waals surface area contributed by atoms with E-state index in [1.54, 1.807) is 30.2 Å². The number of likely N-dealkylation sites (N-methyl/N-ethyl adjacent to an activating group) is 1. The summed E-state index contributed by atoms with van der Waals surface area (Å²) in [6.45, 7) is 2.28. The van der Waals surface area contributed by atoms with Gasteiger partial charge in [-0.2, -0.15) is 11.3 Å². The quantitative estimate of drug-likeness (QED) is 0.724. The Morgan fingerprint density at radius 3 is 2.65 bits per heavy atom. The molecule has 1 N–H and O–H groups in total. The maximum Gasteiger partial charge on any atom is 0.244 e. The van der Waals surface area contributed by atoms with Gasteiger partial charge in [-0.05, 0) is 45.6 Å². The lowest BCUT2D eigenvalue weighted by atomic mass is 10.0. The van der Waals surface area contributed by atoms with E-state index in [9.17, 15) is 9.59 Å². The molecule has 2 amide bonds. The van der Waals surface area contributed by atoms with E-state index in [1.165, 1.54) is 0 Å². The highest BCUT2D eigenvalue weighted by Crippen LogP contribution is 2.19. The van der Waals surface area contributed by atoms with Crippen LogP contribution in [0.15, 0.2) is 59.3 Å². The molecular formula is C21H22N2O2S. The number of fused-ring (bicyclic) bond motifs is 1. The summed E-state index contributed by atoms with van der Waals surface area (Å²) in [5.74, 6) is -0.242. The van der Waals surface area contributed by atoms with Gasteiger partial charge >= 0.3 is 0 Å². The van der Waals surface area contributed by atoms with E-state index in [2.05, 4.69) is 5.32 Å². The first kappa shape index (κ1) is 18.1. The molecule has 0 aliphatic rings. The Hall–Kier alpha value is -2.66. The molecule has 0 radical (unpaired) electrons. The molecule has 4 nitrogen and oxygen atoms in total. The average molecular weight is 366 g/mol. The van der Waals surface area contributed by atoms with Gasteiger partial charge in [-0.3, -0.25) is 9.59 Å². The molecule has 1 heterocycles. The monoisotopic (exact) mass is 366 g/mol. The molecule has 1 atom stereocenters. The third-order valence-corrected chi connectivity index (χ3v) is 5.09. The summed E-state index contributed by atoms with van der Waals surface area (Å²) < 4.78 is 0. The van der Waals surface area contributed by atoms with Crippen molar-refractivity contribution >= 4 is 33.9 Å². The highest BCUT2D eigenvalue weighted by molar-refractivity contribution is 7.07. The first-order valence-electron chi connectivity index (χ1n) is 8.56. The van der Waals surface area contributed by atoms with Crippen molar-refractivity contribution in [3.05, 3.63) is 70.4 Å². The molecular weight excluding hydrogens is 344 g/mol. The van der Waals surface area contributed by atoms with Crippen molar-refractivity contribution in [2.75, 3.05) is 7.05 Å². The lowest BCUT2D eigenvalue weighted by molar-refractivity contribution is -0.135. The van der Waals surface area contributed by atoms with E-state index in [-0.39, 0.29) is 18.2 Å². The van der Waals surface area contributed by atoms with Crippen LogP contribution in [0.2, 0.25) is 0 Å². The topological polar surface area (TPSA) is 49.4 Å². The van der Waals surface area contributed by atoms with Crippen LogP contribution in [0, 0.1) is 0 Å². The van der Waals surface area contributed by atoms with Crippen LogP contribution >= 0.6 is 11.3 Å². The molecule has 0 spiro atoms. The zero-order valence-electron chi connectivity index (χ0n) is 14.9. The van der Waals surface area contributed by atoms with Crippen molar-refractivity contribution in [3.63, 3.8) is 0 Å². The first-order chi connectivity index (χ1) is 12.5. The maximum atomic E-state index is 12.5. The van der Waals surface area contributed by atoms with Crippen molar-refractivity contribution in [2.45, 2.75) is 25.9 Å². The maximum absolute atomic E-state index is 12.5. The number of benzene rings is 2. The Bertz CT molecular complexity index is 900. The molecule has 0 aliphatic heterocycles. The second-order valence-corrected chi connectivity index (χ2v) is 7.21. The molecule has 134 valence electrons. The Balaban J connectivity index is 1.61. The van der Waals surface area contributed by atoms with Crippen LogP contribution in [0.4, 0.5) is 0 Å². The summed E-state index contributed by atoms with van der Waals surface area (Å²) in [6, 6.07) is 15.4. The Morgan fingerprint density at radius 1 is 1.12 bits per heavy atom. The summed E-state index contributed by atoms with van der Waals surface area (Å²) in [5, 5.41) is 9.01. The predicted octanol–water partition coefficient (Wildman–Crippen LogP) is 3.61. The normalized spacial score (nSPS) is 11.9. The van der Waals surface area contributed by atoms with Crippen LogP contribution in [0.25, 0.3) is 10.8 Å². The second kappa shape index (κ2) is 8.15. The molecule has 2 aromatic carbocycles. The molecule has 3 aromatic rings. The van der Waals surface area contributed by atoms with Crippen molar-refractivity contribution < 1.29 is 9.59 Å². The van der Waals surface area contributed by atoms with Gasteiger partial charge in [0.15, 0.2) is 0 Å². The fourth-order valence-electron chi connectivity index (χ4n) is 3.04. The van der Waals surface area contributed by atoms with Gasteiger partial charge < -0.3 is 10.2 Å². The third-order valence-electron chi connectivity index (χ3n) is 4.35.